The number of allylic oxidation sites excluding steroid dienone is 1. The molecule has 1 amide bonds. The average molecular weight is 323 g/mol. The van der Waals surface area contributed by atoms with Gasteiger partial charge in [-0.25, -0.2) is 16.3 Å². The molecule has 2 unspecified atom stereocenters. The molecular formula is C18H21N5O. The number of rotatable bonds is 5. The average Bonchev–Trinajstić information content (AvgIpc) is 3.24. The Morgan fingerprint density at radius 2 is 2.08 bits per heavy atom. The van der Waals surface area contributed by atoms with Crippen LogP contribution in [0.1, 0.15) is 23.7 Å². The molecule has 6 nitrogen and oxygen atoms in total. The monoisotopic (exact) mass is 323 g/mol. The van der Waals surface area contributed by atoms with Crippen LogP contribution >= 0.6 is 0 Å². The van der Waals surface area contributed by atoms with E-state index >= 15 is 0 Å². The van der Waals surface area contributed by atoms with Gasteiger partial charge in [-0.1, -0.05) is 36.4 Å². The SMILES string of the molecule is Cn1cccc1C1CC(C(=O)N/N=C/C=C/c2ccccc2)NN1. The Morgan fingerprint density at radius 3 is 2.83 bits per heavy atom. The molecule has 3 rings (SSSR count). The Kier molecular flexibility index (Phi) is 5.20. The van der Waals surface area contributed by atoms with Crippen molar-refractivity contribution in [2.45, 2.75) is 18.5 Å². The minimum Gasteiger partial charge on any atom is -0.353 e. The summed E-state index contributed by atoms with van der Waals surface area (Å²) in [6, 6.07) is 13.8. The van der Waals surface area contributed by atoms with Gasteiger partial charge in [0.1, 0.15) is 6.04 Å². The van der Waals surface area contributed by atoms with Crippen LogP contribution in [0.25, 0.3) is 6.08 Å². The third kappa shape index (κ3) is 3.98. The number of hydrazone groups is 1. The van der Waals surface area contributed by atoms with Gasteiger partial charge in [-0.05, 0) is 30.2 Å². The standard InChI is InChI=1S/C18H21N5O/c1-23-12-6-10-17(23)15-13-16(21-20-15)18(24)22-19-11-5-9-14-7-3-2-4-8-14/h2-12,15-16,20-21H,13H2,1H3,(H,22,24)/b9-5+,19-11+. The molecule has 6 heteroatoms. The molecule has 0 radical (unpaired) electrons. The molecule has 124 valence electrons. The summed E-state index contributed by atoms with van der Waals surface area (Å²) in [5, 5.41) is 3.95. The maximum Gasteiger partial charge on any atom is 0.258 e. The molecule has 1 aliphatic rings. The third-order valence-corrected chi connectivity index (χ3v) is 3.98. The molecule has 0 saturated carbocycles. The number of carbonyl (C=O) groups is 1. The minimum absolute atomic E-state index is 0.114. The van der Waals surface area contributed by atoms with Crippen LogP contribution in [0.15, 0.2) is 59.8 Å². The topological polar surface area (TPSA) is 70.5 Å². The van der Waals surface area contributed by atoms with E-state index in [9.17, 15) is 4.79 Å². The van der Waals surface area contributed by atoms with Gasteiger partial charge < -0.3 is 4.57 Å². The van der Waals surface area contributed by atoms with Crippen LogP contribution in [-0.4, -0.2) is 22.7 Å². The highest BCUT2D eigenvalue weighted by atomic mass is 16.2. The van der Waals surface area contributed by atoms with E-state index in [1.54, 1.807) is 12.3 Å². The number of nitrogens with zero attached hydrogens (tertiary/aromatic N) is 2. The second-order valence-corrected chi connectivity index (χ2v) is 5.70. The van der Waals surface area contributed by atoms with E-state index in [2.05, 4.69) is 21.4 Å². The lowest BCUT2D eigenvalue weighted by molar-refractivity contribution is -0.122. The lowest BCUT2D eigenvalue weighted by Crippen LogP contribution is -2.41. The Bertz CT molecular complexity index is 735. The zero-order valence-electron chi connectivity index (χ0n) is 13.5. The van der Waals surface area contributed by atoms with Crippen molar-refractivity contribution in [2.24, 2.45) is 12.1 Å². The van der Waals surface area contributed by atoms with Crippen LogP contribution in [0.5, 0.6) is 0 Å². The van der Waals surface area contributed by atoms with E-state index in [-0.39, 0.29) is 18.0 Å². The fraction of sp³-hybridized carbons (Fsp3) is 0.222. The first kappa shape index (κ1) is 16.2. The summed E-state index contributed by atoms with van der Waals surface area (Å²) in [4.78, 5) is 12.1. The van der Waals surface area contributed by atoms with Crippen LogP contribution in [0, 0.1) is 0 Å². The molecule has 0 bridgehead atoms. The zero-order valence-corrected chi connectivity index (χ0v) is 13.5. The Balaban J connectivity index is 1.47. The van der Waals surface area contributed by atoms with E-state index in [0.29, 0.717) is 6.42 Å². The Morgan fingerprint density at radius 1 is 1.25 bits per heavy atom. The smallest absolute Gasteiger partial charge is 0.258 e. The lowest BCUT2D eigenvalue weighted by Gasteiger charge is -2.10. The Hall–Kier alpha value is -2.70. The van der Waals surface area contributed by atoms with E-state index in [4.69, 9.17) is 0 Å². The van der Waals surface area contributed by atoms with E-state index in [1.165, 1.54) is 0 Å². The van der Waals surface area contributed by atoms with Crippen molar-refractivity contribution in [1.82, 2.24) is 20.8 Å². The maximum absolute atomic E-state index is 12.1. The first-order valence-corrected chi connectivity index (χ1v) is 7.91. The van der Waals surface area contributed by atoms with Crippen molar-refractivity contribution in [3.8, 4) is 0 Å². The number of benzene rings is 1. The van der Waals surface area contributed by atoms with E-state index in [0.717, 1.165) is 11.3 Å². The summed E-state index contributed by atoms with van der Waals surface area (Å²) in [6.45, 7) is 0. The van der Waals surface area contributed by atoms with E-state index < -0.39 is 0 Å². The molecule has 0 spiro atoms. The molecule has 1 aromatic carbocycles. The summed E-state index contributed by atoms with van der Waals surface area (Å²) in [5.41, 5.74) is 11.0. The zero-order chi connectivity index (χ0) is 16.8. The number of hydrogen-bond acceptors (Lipinski definition) is 4. The molecule has 3 N–H and O–H groups in total. The summed E-state index contributed by atoms with van der Waals surface area (Å²) in [7, 11) is 1.99. The second-order valence-electron chi connectivity index (χ2n) is 5.70. The summed E-state index contributed by atoms with van der Waals surface area (Å²) in [6.07, 6.45) is 7.97. The summed E-state index contributed by atoms with van der Waals surface area (Å²) in [5.74, 6) is -0.149. The quantitative estimate of drug-likeness (QED) is 0.580. The van der Waals surface area contributed by atoms with Crippen molar-refractivity contribution in [2.75, 3.05) is 0 Å². The van der Waals surface area contributed by atoms with Gasteiger partial charge in [0.2, 0.25) is 0 Å². The molecular weight excluding hydrogens is 302 g/mol. The molecule has 2 aromatic rings. The molecule has 24 heavy (non-hydrogen) atoms. The largest absolute Gasteiger partial charge is 0.353 e. The highest BCUT2D eigenvalue weighted by Crippen LogP contribution is 2.22. The van der Waals surface area contributed by atoms with Gasteiger partial charge in [0.25, 0.3) is 5.91 Å². The molecule has 1 aromatic heterocycles. The van der Waals surface area contributed by atoms with Gasteiger partial charge in [0, 0.05) is 25.2 Å². The normalized spacial score (nSPS) is 20.9. The highest BCUT2D eigenvalue weighted by Gasteiger charge is 2.30. The predicted octanol–water partition coefficient (Wildman–Crippen LogP) is 1.75. The first-order valence-electron chi connectivity index (χ1n) is 7.91. The van der Waals surface area contributed by atoms with Gasteiger partial charge in [-0.3, -0.25) is 4.79 Å². The van der Waals surface area contributed by atoms with Crippen molar-refractivity contribution >= 4 is 18.2 Å². The Labute approximate surface area is 141 Å². The van der Waals surface area contributed by atoms with Crippen LogP contribution in [0.4, 0.5) is 0 Å². The minimum atomic E-state index is -0.305. The summed E-state index contributed by atoms with van der Waals surface area (Å²) < 4.78 is 2.05. The van der Waals surface area contributed by atoms with Crippen LogP contribution < -0.4 is 16.3 Å². The fourth-order valence-corrected chi connectivity index (χ4v) is 2.70. The number of hydrogen-bond donors (Lipinski definition) is 3. The van der Waals surface area contributed by atoms with Gasteiger partial charge in [-0.2, -0.15) is 5.10 Å². The highest BCUT2D eigenvalue weighted by molar-refractivity contribution is 5.84. The molecule has 2 heterocycles. The van der Waals surface area contributed by atoms with Gasteiger partial charge in [0.15, 0.2) is 0 Å². The van der Waals surface area contributed by atoms with Crippen molar-refractivity contribution < 1.29 is 4.79 Å². The second kappa shape index (κ2) is 7.72. The number of hydrazine groups is 1. The number of carbonyl (C=O) groups excluding carboxylic acids is 1. The lowest BCUT2D eigenvalue weighted by atomic mass is 10.1. The van der Waals surface area contributed by atoms with Crippen molar-refractivity contribution in [3.63, 3.8) is 0 Å². The van der Waals surface area contributed by atoms with Crippen LogP contribution in [0.3, 0.4) is 0 Å². The van der Waals surface area contributed by atoms with Crippen molar-refractivity contribution in [1.29, 1.82) is 0 Å². The van der Waals surface area contributed by atoms with Crippen molar-refractivity contribution in [3.05, 3.63) is 66.0 Å². The van der Waals surface area contributed by atoms with Crippen LogP contribution in [0.2, 0.25) is 0 Å². The molecule has 0 aliphatic carbocycles. The summed E-state index contributed by atoms with van der Waals surface area (Å²) >= 11 is 0. The molecule has 2 atom stereocenters. The fourth-order valence-electron chi connectivity index (χ4n) is 2.70. The number of aromatic nitrogens is 1. The number of amides is 1. The molecule has 1 saturated heterocycles. The molecule has 1 fully saturated rings. The maximum atomic E-state index is 12.1. The van der Waals surface area contributed by atoms with E-state index in [1.807, 2.05) is 66.4 Å². The number of nitrogens with one attached hydrogen (secondary N) is 3. The number of aryl methyl sites for hydroxylation is 1. The van der Waals surface area contributed by atoms with Gasteiger partial charge in [-0.15, -0.1) is 0 Å². The van der Waals surface area contributed by atoms with Gasteiger partial charge in [0.05, 0.1) is 6.04 Å². The van der Waals surface area contributed by atoms with Gasteiger partial charge >= 0.3 is 0 Å². The third-order valence-electron chi connectivity index (χ3n) is 3.98. The van der Waals surface area contributed by atoms with Crippen LogP contribution in [-0.2, 0) is 11.8 Å². The predicted molar refractivity (Wildman–Crippen MR) is 94.9 cm³/mol. The first-order chi connectivity index (χ1) is 11.7. The molecule has 1 aliphatic heterocycles.